The van der Waals surface area contributed by atoms with Crippen LogP contribution in [-0.4, -0.2) is 11.0 Å². The van der Waals surface area contributed by atoms with Gasteiger partial charge in [0.1, 0.15) is 5.15 Å². The molecule has 0 aromatic carbocycles. The molecule has 0 radical (unpaired) electrons. The van der Waals surface area contributed by atoms with E-state index in [4.69, 9.17) is 11.6 Å². The lowest BCUT2D eigenvalue weighted by atomic mass is 10.1. The van der Waals surface area contributed by atoms with Crippen molar-refractivity contribution < 1.29 is 0 Å². The molecular formula is C12H17ClN2. The molecule has 1 aliphatic rings. The minimum atomic E-state index is 0.564. The SMILES string of the molecule is Cc1nc(Cl)ccc1NC1CC1C(C)C. The molecule has 1 saturated carbocycles. The van der Waals surface area contributed by atoms with Crippen molar-refractivity contribution in [2.24, 2.45) is 11.8 Å². The molecule has 82 valence electrons. The lowest BCUT2D eigenvalue weighted by Crippen LogP contribution is -2.09. The van der Waals surface area contributed by atoms with Gasteiger partial charge in [0.05, 0.1) is 11.4 Å². The zero-order valence-corrected chi connectivity index (χ0v) is 10.2. The van der Waals surface area contributed by atoms with Gasteiger partial charge in [-0.2, -0.15) is 0 Å². The Bertz CT molecular complexity index is 363. The van der Waals surface area contributed by atoms with E-state index in [1.54, 1.807) is 0 Å². The van der Waals surface area contributed by atoms with Crippen LogP contribution in [0.1, 0.15) is 26.0 Å². The van der Waals surface area contributed by atoms with E-state index in [0.717, 1.165) is 23.2 Å². The Labute approximate surface area is 96.1 Å². The van der Waals surface area contributed by atoms with Gasteiger partial charge in [-0.15, -0.1) is 0 Å². The van der Waals surface area contributed by atoms with Crippen molar-refractivity contribution in [3.63, 3.8) is 0 Å². The summed E-state index contributed by atoms with van der Waals surface area (Å²) < 4.78 is 0. The summed E-state index contributed by atoms with van der Waals surface area (Å²) in [6, 6.07) is 4.48. The fourth-order valence-corrected chi connectivity index (χ4v) is 2.19. The first-order chi connectivity index (χ1) is 7.08. The number of halogens is 1. The molecule has 0 saturated heterocycles. The largest absolute Gasteiger partial charge is 0.381 e. The van der Waals surface area contributed by atoms with E-state index in [9.17, 15) is 0 Å². The third-order valence-corrected chi connectivity index (χ3v) is 3.30. The summed E-state index contributed by atoms with van der Waals surface area (Å²) in [6.45, 7) is 6.54. The molecule has 2 atom stereocenters. The van der Waals surface area contributed by atoms with E-state index in [-0.39, 0.29) is 0 Å². The van der Waals surface area contributed by atoms with Gasteiger partial charge in [-0.25, -0.2) is 4.98 Å². The highest BCUT2D eigenvalue weighted by molar-refractivity contribution is 6.29. The Kier molecular flexibility index (Phi) is 2.87. The van der Waals surface area contributed by atoms with Gasteiger partial charge < -0.3 is 5.32 Å². The second-order valence-electron chi connectivity index (χ2n) is 4.66. The molecule has 2 nitrogen and oxygen atoms in total. The van der Waals surface area contributed by atoms with Crippen molar-refractivity contribution in [3.8, 4) is 0 Å². The van der Waals surface area contributed by atoms with E-state index in [0.29, 0.717) is 11.2 Å². The van der Waals surface area contributed by atoms with E-state index in [2.05, 4.69) is 24.1 Å². The van der Waals surface area contributed by atoms with Gasteiger partial charge in [0.15, 0.2) is 0 Å². The average Bonchev–Trinajstić information content (AvgIpc) is 2.89. The smallest absolute Gasteiger partial charge is 0.129 e. The quantitative estimate of drug-likeness (QED) is 0.795. The minimum absolute atomic E-state index is 0.564. The number of aryl methyl sites for hydroxylation is 1. The first-order valence-corrected chi connectivity index (χ1v) is 5.85. The summed E-state index contributed by atoms with van der Waals surface area (Å²) in [4.78, 5) is 4.23. The minimum Gasteiger partial charge on any atom is -0.381 e. The molecule has 15 heavy (non-hydrogen) atoms. The van der Waals surface area contributed by atoms with E-state index in [1.165, 1.54) is 6.42 Å². The first-order valence-electron chi connectivity index (χ1n) is 5.47. The summed E-state index contributed by atoms with van der Waals surface area (Å²) in [7, 11) is 0. The molecule has 1 N–H and O–H groups in total. The maximum atomic E-state index is 5.81. The molecule has 0 aliphatic heterocycles. The van der Waals surface area contributed by atoms with Crippen molar-refractivity contribution in [1.82, 2.24) is 4.98 Å². The predicted molar refractivity (Wildman–Crippen MR) is 64.3 cm³/mol. The van der Waals surface area contributed by atoms with Crippen LogP contribution >= 0.6 is 11.6 Å². The van der Waals surface area contributed by atoms with E-state index >= 15 is 0 Å². The molecule has 1 aliphatic carbocycles. The lowest BCUT2D eigenvalue weighted by Gasteiger charge is -2.09. The zero-order chi connectivity index (χ0) is 11.0. The fourth-order valence-electron chi connectivity index (χ4n) is 2.00. The van der Waals surface area contributed by atoms with Gasteiger partial charge in [0.2, 0.25) is 0 Å². The van der Waals surface area contributed by atoms with Gasteiger partial charge in [-0.1, -0.05) is 25.4 Å². The van der Waals surface area contributed by atoms with Crippen LogP contribution in [0.4, 0.5) is 5.69 Å². The Morgan fingerprint density at radius 2 is 2.20 bits per heavy atom. The van der Waals surface area contributed by atoms with Crippen molar-refractivity contribution in [3.05, 3.63) is 23.0 Å². The Morgan fingerprint density at radius 3 is 2.73 bits per heavy atom. The number of hydrogen-bond acceptors (Lipinski definition) is 2. The van der Waals surface area contributed by atoms with Gasteiger partial charge in [-0.3, -0.25) is 0 Å². The molecule has 1 aromatic rings. The highest BCUT2D eigenvalue weighted by Gasteiger charge is 2.39. The van der Waals surface area contributed by atoms with Gasteiger partial charge in [-0.05, 0) is 37.3 Å². The third kappa shape index (κ3) is 2.43. The van der Waals surface area contributed by atoms with Crippen molar-refractivity contribution >= 4 is 17.3 Å². The molecule has 2 unspecified atom stereocenters. The number of hydrogen-bond donors (Lipinski definition) is 1. The normalized spacial score (nSPS) is 24.3. The molecule has 1 aromatic heterocycles. The summed E-state index contributed by atoms with van der Waals surface area (Å²) >= 11 is 5.81. The lowest BCUT2D eigenvalue weighted by molar-refractivity contribution is 0.553. The average molecular weight is 225 g/mol. The Hall–Kier alpha value is -0.760. The Morgan fingerprint density at radius 1 is 1.47 bits per heavy atom. The van der Waals surface area contributed by atoms with Crippen molar-refractivity contribution in [2.75, 3.05) is 5.32 Å². The zero-order valence-electron chi connectivity index (χ0n) is 9.42. The van der Waals surface area contributed by atoms with Gasteiger partial charge >= 0.3 is 0 Å². The van der Waals surface area contributed by atoms with Crippen LogP contribution in [0.25, 0.3) is 0 Å². The molecule has 1 heterocycles. The number of pyridine rings is 1. The maximum absolute atomic E-state index is 5.81. The third-order valence-electron chi connectivity index (χ3n) is 3.09. The predicted octanol–water partition coefficient (Wildman–Crippen LogP) is 3.50. The topological polar surface area (TPSA) is 24.9 Å². The Balaban J connectivity index is 2.01. The standard InChI is InChI=1S/C12H17ClN2/c1-7(2)9-6-11(9)15-10-4-5-12(13)14-8(10)3/h4-5,7,9,11,15H,6H2,1-3H3. The maximum Gasteiger partial charge on any atom is 0.129 e. The summed E-state index contributed by atoms with van der Waals surface area (Å²) in [5.41, 5.74) is 2.10. The van der Waals surface area contributed by atoms with Crippen LogP contribution in [0.5, 0.6) is 0 Å². The summed E-state index contributed by atoms with van der Waals surface area (Å²) in [5.74, 6) is 1.59. The van der Waals surface area contributed by atoms with Gasteiger partial charge in [0.25, 0.3) is 0 Å². The number of anilines is 1. The molecule has 1 fully saturated rings. The van der Waals surface area contributed by atoms with Crippen LogP contribution < -0.4 is 5.32 Å². The van der Waals surface area contributed by atoms with Crippen LogP contribution in [0.3, 0.4) is 0 Å². The van der Waals surface area contributed by atoms with Crippen LogP contribution in [0.2, 0.25) is 5.15 Å². The second-order valence-corrected chi connectivity index (χ2v) is 5.05. The first kappa shape index (κ1) is 10.7. The van der Waals surface area contributed by atoms with E-state index < -0.39 is 0 Å². The molecule has 2 rings (SSSR count). The highest BCUT2D eigenvalue weighted by Crippen LogP contribution is 2.39. The van der Waals surface area contributed by atoms with E-state index in [1.807, 2.05) is 19.1 Å². The molecule has 0 amide bonds. The fraction of sp³-hybridized carbons (Fsp3) is 0.583. The molecule has 0 bridgehead atoms. The van der Waals surface area contributed by atoms with Crippen molar-refractivity contribution in [1.29, 1.82) is 0 Å². The molecular weight excluding hydrogens is 208 g/mol. The molecule has 0 spiro atoms. The number of aromatic nitrogens is 1. The second kappa shape index (κ2) is 4.01. The number of rotatable bonds is 3. The summed E-state index contributed by atoms with van der Waals surface area (Å²) in [5, 5.41) is 4.09. The highest BCUT2D eigenvalue weighted by atomic mass is 35.5. The molecule has 3 heteroatoms. The number of nitrogens with zero attached hydrogens (tertiary/aromatic N) is 1. The number of nitrogens with one attached hydrogen (secondary N) is 1. The summed E-state index contributed by atoms with van der Waals surface area (Å²) in [6.07, 6.45) is 1.28. The van der Waals surface area contributed by atoms with Crippen LogP contribution in [0, 0.1) is 18.8 Å². The van der Waals surface area contributed by atoms with Crippen LogP contribution in [0.15, 0.2) is 12.1 Å². The van der Waals surface area contributed by atoms with Crippen molar-refractivity contribution in [2.45, 2.75) is 33.2 Å². The monoisotopic (exact) mass is 224 g/mol. The van der Waals surface area contributed by atoms with Gasteiger partial charge in [0, 0.05) is 6.04 Å². The van der Waals surface area contributed by atoms with Crippen LogP contribution in [-0.2, 0) is 0 Å².